The first-order valence-electron chi connectivity index (χ1n) is 5.92. The predicted octanol–water partition coefficient (Wildman–Crippen LogP) is 0.946. The van der Waals surface area contributed by atoms with Gasteiger partial charge in [0.2, 0.25) is 0 Å². The molecule has 0 atom stereocenters. The van der Waals surface area contributed by atoms with Gasteiger partial charge in [-0.2, -0.15) is 11.8 Å². The average molecular weight is 394 g/mol. The Balaban J connectivity index is 0.00000180. The molecule has 0 amide bonds. The van der Waals surface area contributed by atoms with Gasteiger partial charge >= 0.3 is 0 Å². The highest BCUT2D eigenvalue weighted by molar-refractivity contribution is 14.0. The molecule has 1 aromatic heterocycles. The van der Waals surface area contributed by atoms with Crippen molar-refractivity contribution in [2.24, 2.45) is 10.7 Å². The van der Waals surface area contributed by atoms with Crippen molar-refractivity contribution < 1.29 is 0 Å². The molecule has 6 nitrogen and oxygen atoms in total. The normalized spacial score (nSPS) is 16.0. The van der Waals surface area contributed by atoms with Crippen LogP contribution in [0.25, 0.3) is 0 Å². The fourth-order valence-corrected chi connectivity index (χ4v) is 2.59. The maximum absolute atomic E-state index is 5.96. The van der Waals surface area contributed by atoms with Crippen molar-refractivity contribution in [3.8, 4) is 0 Å². The molecule has 1 saturated heterocycles. The zero-order valence-corrected chi connectivity index (χ0v) is 13.9. The molecule has 2 N–H and O–H groups in total. The molecule has 1 fully saturated rings. The number of halogens is 1. The summed E-state index contributed by atoms with van der Waals surface area (Å²) < 4.78 is 1.73. The van der Waals surface area contributed by atoms with E-state index in [9.17, 15) is 0 Å². The summed E-state index contributed by atoms with van der Waals surface area (Å²) >= 11 is 1.95. The number of nitrogens with zero attached hydrogens (tertiary/aromatic N) is 5. The molecule has 106 valence electrons. The smallest absolute Gasteiger partial charge is 0.191 e. The Hall–Kier alpha value is -0.770. The molecular formula is C11H19IN6S. The van der Waals surface area contributed by atoms with E-state index in [0.717, 1.165) is 30.3 Å². The minimum Gasteiger partial charge on any atom is -0.370 e. The van der Waals surface area contributed by atoms with Gasteiger partial charge in [-0.3, -0.25) is 0 Å². The summed E-state index contributed by atoms with van der Waals surface area (Å²) in [4.78, 5) is 6.48. The van der Waals surface area contributed by atoms with E-state index in [1.165, 1.54) is 0 Å². The van der Waals surface area contributed by atoms with Crippen LogP contribution in [0.4, 0.5) is 0 Å². The van der Waals surface area contributed by atoms with Gasteiger partial charge in [-0.25, -0.2) is 9.67 Å². The second kappa shape index (κ2) is 8.41. The lowest BCUT2D eigenvalue weighted by Crippen LogP contribution is -2.42. The highest BCUT2D eigenvalue weighted by Gasteiger charge is 2.12. The van der Waals surface area contributed by atoms with Crippen molar-refractivity contribution in [2.45, 2.75) is 13.1 Å². The average Bonchev–Trinajstić information content (AvgIpc) is 2.85. The molecule has 1 aliphatic heterocycles. The Bertz CT molecular complexity index is 427. The van der Waals surface area contributed by atoms with Gasteiger partial charge in [-0.15, -0.1) is 35.7 Å². The van der Waals surface area contributed by atoms with E-state index in [1.54, 1.807) is 10.8 Å². The molecule has 0 bridgehead atoms. The van der Waals surface area contributed by atoms with Crippen molar-refractivity contribution in [1.29, 1.82) is 0 Å². The molecule has 0 radical (unpaired) electrons. The molecule has 2 heterocycles. The van der Waals surface area contributed by atoms with Crippen molar-refractivity contribution in [2.75, 3.05) is 24.6 Å². The summed E-state index contributed by atoms with van der Waals surface area (Å²) in [6, 6.07) is 0. The summed E-state index contributed by atoms with van der Waals surface area (Å²) in [6.45, 7) is 6.75. The minimum absolute atomic E-state index is 0. The first kappa shape index (κ1) is 16.3. The number of aliphatic imine (C=N–C) groups is 1. The number of nitrogens with two attached hydrogens (primary N) is 1. The van der Waals surface area contributed by atoms with Gasteiger partial charge in [0.25, 0.3) is 0 Å². The monoisotopic (exact) mass is 394 g/mol. The van der Waals surface area contributed by atoms with Crippen LogP contribution in [0.2, 0.25) is 0 Å². The summed E-state index contributed by atoms with van der Waals surface area (Å²) in [6.07, 6.45) is 3.64. The molecular weight excluding hydrogens is 375 g/mol. The Morgan fingerprint density at radius 3 is 2.95 bits per heavy atom. The van der Waals surface area contributed by atoms with Gasteiger partial charge in [0.05, 0.1) is 19.3 Å². The van der Waals surface area contributed by atoms with Crippen molar-refractivity contribution >= 4 is 41.7 Å². The Kier molecular flexibility index (Phi) is 7.21. The quantitative estimate of drug-likeness (QED) is 0.356. The molecule has 0 unspecified atom stereocenters. The van der Waals surface area contributed by atoms with Crippen LogP contribution in [0, 0.1) is 0 Å². The van der Waals surface area contributed by atoms with E-state index in [4.69, 9.17) is 5.73 Å². The third-order valence-electron chi connectivity index (χ3n) is 2.64. The number of thioether (sulfide) groups is 1. The van der Waals surface area contributed by atoms with Gasteiger partial charge in [-0.1, -0.05) is 11.3 Å². The third-order valence-corrected chi connectivity index (χ3v) is 3.58. The van der Waals surface area contributed by atoms with E-state index < -0.39 is 0 Å². The van der Waals surface area contributed by atoms with Gasteiger partial charge in [0.1, 0.15) is 5.69 Å². The van der Waals surface area contributed by atoms with Crippen LogP contribution >= 0.6 is 35.7 Å². The van der Waals surface area contributed by atoms with Crippen molar-refractivity contribution in [1.82, 2.24) is 19.9 Å². The van der Waals surface area contributed by atoms with Crippen LogP contribution in [-0.4, -0.2) is 50.4 Å². The van der Waals surface area contributed by atoms with Crippen LogP contribution < -0.4 is 5.73 Å². The molecule has 1 aliphatic rings. The molecule has 0 saturated carbocycles. The maximum atomic E-state index is 5.96. The summed E-state index contributed by atoms with van der Waals surface area (Å²) in [5, 5.41) is 8.00. The zero-order chi connectivity index (χ0) is 12.8. The van der Waals surface area contributed by atoms with E-state index in [1.807, 2.05) is 18.0 Å². The van der Waals surface area contributed by atoms with Crippen molar-refractivity contribution in [3.63, 3.8) is 0 Å². The Labute approximate surface area is 134 Å². The predicted molar refractivity (Wildman–Crippen MR) is 89.9 cm³/mol. The lowest BCUT2D eigenvalue weighted by molar-refractivity contribution is 0.455. The summed E-state index contributed by atoms with van der Waals surface area (Å²) in [7, 11) is 0. The summed E-state index contributed by atoms with van der Waals surface area (Å²) in [5.41, 5.74) is 6.78. The fraction of sp³-hybridized carbons (Fsp3) is 0.545. The molecule has 8 heteroatoms. The molecule has 2 rings (SSSR count). The molecule has 0 spiro atoms. The number of allylic oxidation sites excluding steroid dienone is 1. The topological polar surface area (TPSA) is 72.3 Å². The SMILES string of the molecule is C=CCn1cc(CN=C(N)N2CCSCC2)nn1.I. The number of guanidine groups is 1. The second-order valence-electron chi connectivity index (χ2n) is 3.99. The molecule has 0 aromatic carbocycles. The number of aromatic nitrogens is 3. The highest BCUT2D eigenvalue weighted by atomic mass is 127. The minimum atomic E-state index is 0. The van der Waals surface area contributed by atoms with Crippen LogP contribution in [-0.2, 0) is 13.1 Å². The maximum Gasteiger partial charge on any atom is 0.191 e. The van der Waals surface area contributed by atoms with E-state index in [0.29, 0.717) is 19.0 Å². The van der Waals surface area contributed by atoms with Gasteiger partial charge in [0, 0.05) is 24.6 Å². The molecule has 19 heavy (non-hydrogen) atoms. The summed E-state index contributed by atoms with van der Waals surface area (Å²) in [5.74, 6) is 2.84. The molecule has 0 aliphatic carbocycles. The lowest BCUT2D eigenvalue weighted by Gasteiger charge is -2.27. The molecule has 1 aromatic rings. The first-order chi connectivity index (χ1) is 8.79. The van der Waals surface area contributed by atoms with Gasteiger partial charge in [-0.05, 0) is 0 Å². The third kappa shape index (κ3) is 5.01. The fourth-order valence-electron chi connectivity index (χ4n) is 1.69. The lowest BCUT2D eigenvalue weighted by atomic mass is 10.4. The number of hydrogen-bond acceptors (Lipinski definition) is 4. The first-order valence-corrected chi connectivity index (χ1v) is 7.07. The Morgan fingerprint density at radius 1 is 1.53 bits per heavy atom. The largest absolute Gasteiger partial charge is 0.370 e. The highest BCUT2D eigenvalue weighted by Crippen LogP contribution is 2.08. The van der Waals surface area contributed by atoms with E-state index in [2.05, 4.69) is 26.8 Å². The van der Waals surface area contributed by atoms with E-state index in [-0.39, 0.29) is 24.0 Å². The zero-order valence-electron chi connectivity index (χ0n) is 10.7. The van der Waals surface area contributed by atoms with Crippen LogP contribution in [0.1, 0.15) is 5.69 Å². The van der Waals surface area contributed by atoms with Gasteiger partial charge in [0.15, 0.2) is 5.96 Å². The number of hydrogen-bond donors (Lipinski definition) is 1. The van der Waals surface area contributed by atoms with Gasteiger partial charge < -0.3 is 10.6 Å². The van der Waals surface area contributed by atoms with Crippen LogP contribution in [0.5, 0.6) is 0 Å². The van der Waals surface area contributed by atoms with Crippen LogP contribution in [0.15, 0.2) is 23.8 Å². The Morgan fingerprint density at radius 2 is 2.26 bits per heavy atom. The van der Waals surface area contributed by atoms with Crippen LogP contribution in [0.3, 0.4) is 0 Å². The standard InChI is InChI=1S/C11H18N6S.HI/c1-2-3-17-9-10(14-15-17)8-13-11(12)16-4-6-18-7-5-16;/h2,9H,1,3-8H2,(H2,12,13);1H. The van der Waals surface area contributed by atoms with Crippen molar-refractivity contribution in [3.05, 3.63) is 24.5 Å². The number of rotatable bonds is 4. The second-order valence-corrected chi connectivity index (χ2v) is 5.22. The van der Waals surface area contributed by atoms with E-state index >= 15 is 0 Å².